The van der Waals surface area contributed by atoms with E-state index in [1.165, 1.54) is 32.5 Å². The highest BCUT2D eigenvalue weighted by atomic mass is 35.5. The Morgan fingerprint density at radius 3 is 2.23 bits per heavy atom. The summed E-state index contributed by atoms with van der Waals surface area (Å²) in [6.07, 6.45) is 2.70. The van der Waals surface area contributed by atoms with E-state index in [0.717, 1.165) is 49.2 Å². The molecule has 2 saturated heterocycles. The van der Waals surface area contributed by atoms with Gasteiger partial charge in [-0.3, -0.25) is 4.90 Å². The van der Waals surface area contributed by atoms with E-state index in [2.05, 4.69) is 44.1 Å². The Hall–Kier alpha value is -1.62. The Morgan fingerprint density at radius 1 is 0.935 bits per heavy atom. The van der Waals surface area contributed by atoms with Crippen molar-refractivity contribution in [3.63, 3.8) is 0 Å². The number of hydrogen-bond donors (Lipinski definition) is 0. The van der Waals surface area contributed by atoms with Crippen LogP contribution >= 0.6 is 37.2 Å². The molecule has 1 atom stereocenters. The first-order valence-corrected chi connectivity index (χ1v) is 10.2. The van der Waals surface area contributed by atoms with E-state index in [0.29, 0.717) is 5.56 Å². The lowest BCUT2D eigenvalue weighted by Crippen LogP contribution is -2.49. The Labute approximate surface area is 203 Å². The molecular weight excluding hydrogens is 455 g/mol. The van der Waals surface area contributed by atoms with Gasteiger partial charge in [0.1, 0.15) is 0 Å². The van der Waals surface area contributed by atoms with Gasteiger partial charge >= 0.3 is 0 Å². The van der Waals surface area contributed by atoms with E-state index < -0.39 is 0 Å². The fourth-order valence-corrected chi connectivity index (χ4v) is 4.31. The Bertz CT molecular complexity index is 817. The van der Waals surface area contributed by atoms with Crippen LogP contribution in [0, 0.1) is 17.2 Å². The molecule has 0 amide bonds. The van der Waals surface area contributed by atoms with Crippen LogP contribution in [0.4, 0.5) is 5.82 Å². The lowest BCUT2D eigenvalue weighted by molar-refractivity contribution is 0.147. The van der Waals surface area contributed by atoms with Crippen molar-refractivity contribution < 1.29 is 0 Å². The number of hydrogen-bond acceptors (Lipinski definition) is 6. The second-order valence-electron chi connectivity index (χ2n) is 8.02. The van der Waals surface area contributed by atoms with Gasteiger partial charge in [0, 0.05) is 44.8 Å². The SMILES string of the molecule is CN1CCCC(CN2CCN(c3ccc(-c4ccc(C#N)cc4)nn3)CC2)C1.Cl.Cl.Cl. The lowest BCUT2D eigenvalue weighted by Gasteiger charge is -2.38. The van der Waals surface area contributed by atoms with E-state index in [1.54, 1.807) is 0 Å². The lowest BCUT2D eigenvalue weighted by atomic mass is 9.97. The van der Waals surface area contributed by atoms with Gasteiger partial charge in [-0.15, -0.1) is 47.4 Å². The van der Waals surface area contributed by atoms with Crippen molar-refractivity contribution in [3.8, 4) is 17.3 Å². The van der Waals surface area contributed by atoms with Gasteiger partial charge in [0.25, 0.3) is 0 Å². The number of aromatic nitrogens is 2. The normalized spacial score (nSPS) is 19.4. The third-order valence-corrected chi connectivity index (χ3v) is 5.89. The van der Waals surface area contributed by atoms with Crippen molar-refractivity contribution in [3.05, 3.63) is 42.0 Å². The Morgan fingerprint density at radius 2 is 1.65 bits per heavy atom. The van der Waals surface area contributed by atoms with Gasteiger partial charge in [-0.1, -0.05) is 12.1 Å². The number of piperazine rings is 1. The highest BCUT2D eigenvalue weighted by Gasteiger charge is 2.23. The highest BCUT2D eigenvalue weighted by molar-refractivity contribution is 5.86. The molecule has 2 aromatic rings. The van der Waals surface area contributed by atoms with E-state index >= 15 is 0 Å². The third kappa shape index (κ3) is 7.20. The van der Waals surface area contributed by atoms with Crippen LogP contribution in [0.3, 0.4) is 0 Å². The summed E-state index contributed by atoms with van der Waals surface area (Å²) in [6, 6.07) is 13.7. The largest absolute Gasteiger partial charge is 0.353 e. The number of rotatable bonds is 4. The average molecular weight is 486 g/mol. The van der Waals surface area contributed by atoms with Gasteiger partial charge in [-0.2, -0.15) is 5.26 Å². The standard InChI is InChI=1S/C22H28N6.3ClH/c1-26-10-2-3-19(16-26)17-27-11-13-28(14-12-27)22-9-8-21(24-25-22)20-6-4-18(15-23)5-7-20;;;/h4-9,19H,2-3,10-14,16-17H2,1H3;3*1H. The number of anilines is 1. The second kappa shape index (κ2) is 13.0. The predicted molar refractivity (Wildman–Crippen MR) is 133 cm³/mol. The summed E-state index contributed by atoms with van der Waals surface area (Å²) >= 11 is 0. The fourth-order valence-electron chi connectivity index (χ4n) is 4.31. The van der Waals surface area contributed by atoms with Crippen LogP contribution in [-0.4, -0.2) is 72.9 Å². The van der Waals surface area contributed by atoms with Crippen LogP contribution in [0.25, 0.3) is 11.3 Å². The van der Waals surface area contributed by atoms with Crippen LogP contribution in [0.15, 0.2) is 36.4 Å². The van der Waals surface area contributed by atoms with Crippen molar-refractivity contribution in [1.29, 1.82) is 5.26 Å². The summed E-state index contributed by atoms with van der Waals surface area (Å²) in [6.45, 7) is 7.92. The Balaban J connectivity index is 0.00000160. The number of halogens is 3. The van der Waals surface area contributed by atoms with E-state index in [4.69, 9.17) is 5.26 Å². The molecule has 0 spiro atoms. The molecule has 0 radical (unpaired) electrons. The van der Waals surface area contributed by atoms with Gasteiger partial charge < -0.3 is 9.80 Å². The van der Waals surface area contributed by atoms with Crippen LogP contribution in [0.2, 0.25) is 0 Å². The molecule has 31 heavy (non-hydrogen) atoms. The molecule has 3 heterocycles. The maximum absolute atomic E-state index is 8.91. The molecule has 1 aromatic heterocycles. The summed E-state index contributed by atoms with van der Waals surface area (Å²) in [5.41, 5.74) is 2.49. The van der Waals surface area contributed by atoms with E-state index in [1.807, 2.05) is 30.3 Å². The molecule has 0 saturated carbocycles. The monoisotopic (exact) mass is 484 g/mol. The van der Waals surface area contributed by atoms with Crippen molar-refractivity contribution in [1.82, 2.24) is 20.0 Å². The number of likely N-dealkylation sites (tertiary alicyclic amines) is 1. The molecule has 1 aromatic carbocycles. The minimum atomic E-state index is 0. The number of nitrogens with zero attached hydrogens (tertiary/aromatic N) is 6. The zero-order valence-corrected chi connectivity index (χ0v) is 20.3. The van der Waals surface area contributed by atoms with Gasteiger partial charge in [-0.05, 0) is 56.6 Å². The molecule has 6 nitrogen and oxygen atoms in total. The molecular formula is C22H31Cl3N6. The van der Waals surface area contributed by atoms with Crippen molar-refractivity contribution in [2.75, 3.05) is 57.8 Å². The van der Waals surface area contributed by atoms with Gasteiger partial charge in [-0.25, -0.2) is 0 Å². The van der Waals surface area contributed by atoms with Crippen molar-refractivity contribution in [2.45, 2.75) is 12.8 Å². The first-order chi connectivity index (χ1) is 13.7. The van der Waals surface area contributed by atoms with Gasteiger partial charge in [0.15, 0.2) is 5.82 Å². The summed E-state index contributed by atoms with van der Waals surface area (Å²) in [7, 11) is 2.24. The molecule has 1 unspecified atom stereocenters. The number of piperidine rings is 1. The maximum Gasteiger partial charge on any atom is 0.151 e. The molecule has 9 heteroatoms. The second-order valence-corrected chi connectivity index (χ2v) is 8.02. The molecule has 0 aliphatic carbocycles. The molecule has 2 aliphatic rings. The molecule has 0 N–H and O–H groups in total. The van der Waals surface area contributed by atoms with Crippen LogP contribution in [0.5, 0.6) is 0 Å². The minimum absolute atomic E-state index is 0. The topological polar surface area (TPSA) is 59.3 Å². The summed E-state index contributed by atoms with van der Waals surface area (Å²) in [5, 5.41) is 17.8. The predicted octanol–water partition coefficient (Wildman–Crippen LogP) is 3.74. The highest BCUT2D eigenvalue weighted by Crippen LogP contribution is 2.21. The zero-order chi connectivity index (χ0) is 19.3. The zero-order valence-electron chi connectivity index (χ0n) is 17.8. The molecule has 2 aliphatic heterocycles. The maximum atomic E-state index is 8.91. The van der Waals surface area contributed by atoms with Gasteiger partial charge in [0.05, 0.1) is 17.3 Å². The van der Waals surface area contributed by atoms with E-state index in [-0.39, 0.29) is 37.2 Å². The molecule has 170 valence electrons. The molecule has 2 fully saturated rings. The first kappa shape index (κ1) is 27.4. The third-order valence-electron chi connectivity index (χ3n) is 5.89. The van der Waals surface area contributed by atoms with Crippen LogP contribution < -0.4 is 4.90 Å². The van der Waals surface area contributed by atoms with Crippen LogP contribution in [0.1, 0.15) is 18.4 Å². The summed E-state index contributed by atoms with van der Waals surface area (Å²) in [4.78, 5) is 7.41. The van der Waals surface area contributed by atoms with E-state index in [9.17, 15) is 0 Å². The summed E-state index contributed by atoms with van der Waals surface area (Å²) in [5.74, 6) is 1.77. The number of benzene rings is 1. The Kier molecular flexibility index (Phi) is 11.5. The molecule has 0 bridgehead atoms. The fraction of sp³-hybridized carbons (Fsp3) is 0.500. The van der Waals surface area contributed by atoms with Crippen molar-refractivity contribution in [2.24, 2.45) is 5.92 Å². The van der Waals surface area contributed by atoms with Gasteiger partial charge in [0.2, 0.25) is 0 Å². The quantitative estimate of drug-likeness (QED) is 0.657. The van der Waals surface area contributed by atoms with Crippen LogP contribution in [-0.2, 0) is 0 Å². The summed E-state index contributed by atoms with van der Waals surface area (Å²) < 4.78 is 0. The number of nitriles is 1. The smallest absolute Gasteiger partial charge is 0.151 e. The van der Waals surface area contributed by atoms with Crippen molar-refractivity contribution >= 4 is 43.0 Å². The molecule has 4 rings (SSSR count). The first-order valence-electron chi connectivity index (χ1n) is 10.2. The average Bonchev–Trinajstić information content (AvgIpc) is 2.75. The minimum Gasteiger partial charge on any atom is -0.353 e.